The van der Waals surface area contributed by atoms with Crippen molar-refractivity contribution in [2.75, 3.05) is 18.4 Å². The molecule has 0 bridgehead atoms. The lowest BCUT2D eigenvalue weighted by Crippen LogP contribution is -2.22. The Labute approximate surface area is 148 Å². The van der Waals surface area contributed by atoms with Crippen molar-refractivity contribution in [3.05, 3.63) is 47.0 Å². The monoisotopic (exact) mass is 346 g/mol. The van der Waals surface area contributed by atoms with Crippen LogP contribution in [0.5, 0.6) is 5.75 Å². The number of carbonyl (C=O) groups is 1. The van der Waals surface area contributed by atoms with Gasteiger partial charge in [-0.05, 0) is 31.3 Å². The van der Waals surface area contributed by atoms with Crippen molar-refractivity contribution in [3.63, 3.8) is 0 Å². The lowest BCUT2D eigenvalue weighted by Gasteiger charge is -2.21. The second-order valence-electron chi connectivity index (χ2n) is 5.65. The molecule has 0 radical (unpaired) electrons. The standard InChI is InChI=1S/C19H23ClN2O2/c1-4-22(5-2)12-14-10-15(21-13(3)23)11-17(19(14)24)16-8-6-7-9-18(16)20/h6-11,24H,4-5,12H2,1-3H3,(H,21,23). The molecular weight excluding hydrogens is 324 g/mol. The van der Waals surface area contributed by atoms with Gasteiger partial charge in [0.15, 0.2) is 0 Å². The highest BCUT2D eigenvalue weighted by atomic mass is 35.5. The minimum Gasteiger partial charge on any atom is -0.507 e. The summed E-state index contributed by atoms with van der Waals surface area (Å²) in [5.74, 6) is 0.0451. The van der Waals surface area contributed by atoms with E-state index in [1.54, 1.807) is 12.1 Å². The first kappa shape index (κ1) is 18.3. The summed E-state index contributed by atoms with van der Waals surface area (Å²) in [5, 5.41) is 14.1. The van der Waals surface area contributed by atoms with Gasteiger partial charge in [-0.2, -0.15) is 0 Å². The lowest BCUT2D eigenvalue weighted by atomic mass is 9.99. The Kier molecular flexibility index (Phi) is 6.23. The fourth-order valence-corrected chi connectivity index (χ4v) is 2.90. The van der Waals surface area contributed by atoms with Crippen LogP contribution in [-0.4, -0.2) is 29.0 Å². The van der Waals surface area contributed by atoms with Gasteiger partial charge >= 0.3 is 0 Å². The van der Waals surface area contributed by atoms with E-state index < -0.39 is 0 Å². The van der Waals surface area contributed by atoms with Crippen LogP contribution in [-0.2, 0) is 11.3 Å². The third-order valence-corrected chi connectivity index (χ3v) is 4.29. The molecule has 2 N–H and O–H groups in total. The van der Waals surface area contributed by atoms with E-state index in [1.165, 1.54) is 6.92 Å². The SMILES string of the molecule is CCN(CC)Cc1cc(NC(C)=O)cc(-c2ccccc2Cl)c1O. The molecule has 1 amide bonds. The van der Waals surface area contributed by atoms with E-state index in [9.17, 15) is 9.90 Å². The third-order valence-electron chi connectivity index (χ3n) is 3.96. The van der Waals surface area contributed by atoms with Crippen molar-refractivity contribution in [2.24, 2.45) is 0 Å². The van der Waals surface area contributed by atoms with Crippen LogP contribution in [0.1, 0.15) is 26.3 Å². The molecule has 0 fully saturated rings. The Bertz CT molecular complexity index is 727. The first-order chi connectivity index (χ1) is 11.5. The molecule has 0 aliphatic heterocycles. The quantitative estimate of drug-likeness (QED) is 0.756. The number of carbonyl (C=O) groups excluding carboxylic acids is 1. The fraction of sp³-hybridized carbons (Fsp3) is 0.316. The molecule has 128 valence electrons. The smallest absolute Gasteiger partial charge is 0.221 e. The van der Waals surface area contributed by atoms with Gasteiger partial charge in [0.1, 0.15) is 5.75 Å². The number of nitrogens with zero attached hydrogens (tertiary/aromatic N) is 1. The highest BCUT2D eigenvalue weighted by molar-refractivity contribution is 6.33. The van der Waals surface area contributed by atoms with Gasteiger partial charge in [0.05, 0.1) is 0 Å². The number of aromatic hydroxyl groups is 1. The van der Waals surface area contributed by atoms with Crippen molar-refractivity contribution in [1.29, 1.82) is 0 Å². The molecule has 0 saturated carbocycles. The first-order valence-corrected chi connectivity index (χ1v) is 8.44. The summed E-state index contributed by atoms with van der Waals surface area (Å²) in [4.78, 5) is 13.6. The number of hydrogen-bond donors (Lipinski definition) is 2. The van der Waals surface area contributed by atoms with Crippen molar-refractivity contribution in [1.82, 2.24) is 4.90 Å². The van der Waals surface area contributed by atoms with Crippen LogP contribution >= 0.6 is 11.6 Å². The van der Waals surface area contributed by atoms with E-state index in [4.69, 9.17) is 11.6 Å². The minimum absolute atomic E-state index is 0.153. The summed E-state index contributed by atoms with van der Waals surface area (Å²) in [6.07, 6.45) is 0. The van der Waals surface area contributed by atoms with Crippen LogP contribution in [0, 0.1) is 0 Å². The van der Waals surface area contributed by atoms with Gasteiger partial charge in [0.25, 0.3) is 0 Å². The largest absolute Gasteiger partial charge is 0.507 e. The van der Waals surface area contributed by atoms with Crippen molar-refractivity contribution in [2.45, 2.75) is 27.3 Å². The topological polar surface area (TPSA) is 52.6 Å². The summed E-state index contributed by atoms with van der Waals surface area (Å²) in [7, 11) is 0. The molecule has 0 aliphatic carbocycles. The maximum Gasteiger partial charge on any atom is 0.221 e. The first-order valence-electron chi connectivity index (χ1n) is 8.07. The molecular formula is C19H23ClN2O2. The second-order valence-corrected chi connectivity index (χ2v) is 6.06. The highest BCUT2D eigenvalue weighted by Gasteiger charge is 2.16. The molecule has 0 aromatic heterocycles. The summed E-state index contributed by atoms with van der Waals surface area (Å²) >= 11 is 6.29. The molecule has 2 rings (SSSR count). The van der Waals surface area contributed by atoms with E-state index in [2.05, 4.69) is 24.1 Å². The molecule has 0 unspecified atom stereocenters. The number of phenolic OH excluding ortho intramolecular Hbond substituents is 1. The molecule has 5 heteroatoms. The van der Waals surface area contributed by atoms with Crippen molar-refractivity contribution in [3.8, 4) is 16.9 Å². The molecule has 0 atom stereocenters. The average molecular weight is 347 g/mol. The van der Waals surface area contributed by atoms with Gasteiger partial charge in [-0.15, -0.1) is 0 Å². The predicted octanol–water partition coefficient (Wildman–Crippen LogP) is 4.51. The highest BCUT2D eigenvalue weighted by Crippen LogP contribution is 2.39. The van der Waals surface area contributed by atoms with Crippen LogP contribution in [0.2, 0.25) is 5.02 Å². The Balaban J connectivity index is 2.56. The van der Waals surface area contributed by atoms with Crippen LogP contribution in [0.25, 0.3) is 11.1 Å². The third kappa shape index (κ3) is 4.28. The van der Waals surface area contributed by atoms with E-state index in [0.29, 0.717) is 22.8 Å². The number of amides is 1. The fourth-order valence-electron chi connectivity index (χ4n) is 2.66. The Morgan fingerprint density at radius 2 is 1.83 bits per heavy atom. The van der Waals surface area contributed by atoms with Crippen molar-refractivity contribution < 1.29 is 9.90 Å². The number of rotatable bonds is 6. The summed E-state index contributed by atoms with van der Waals surface area (Å²) in [5.41, 5.74) is 2.77. The van der Waals surface area contributed by atoms with Crippen molar-refractivity contribution >= 4 is 23.2 Å². The minimum atomic E-state index is -0.153. The predicted molar refractivity (Wildman–Crippen MR) is 99.5 cm³/mol. The Hall–Kier alpha value is -2.04. The molecule has 2 aromatic carbocycles. The normalized spacial score (nSPS) is 10.9. The molecule has 0 spiro atoms. The van der Waals surface area contributed by atoms with E-state index in [1.807, 2.05) is 24.3 Å². The summed E-state index contributed by atoms with van der Waals surface area (Å²) in [6.45, 7) is 7.97. The molecule has 24 heavy (non-hydrogen) atoms. The second kappa shape index (κ2) is 8.18. The van der Waals surface area contributed by atoms with Crippen LogP contribution in [0.15, 0.2) is 36.4 Å². The van der Waals surface area contributed by atoms with Crippen LogP contribution < -0.4 is 5.32 Å². The zero-order valence-electron chi connectivity index (χ0n) is 14.3. The van der Waals surface area contributed by atoms with Gasteiger partial charge in [-0.3, -0.25) is 9.69 Å². The molecule has 0 saturated heterocycles. The van der Waals surface area contributed by atoms with Gasteiger partial charge in [0.2, 0.25) is 5.91 Å². The van der Waals surface area contributed by atoms with Crippen LogP contribution in [0.3, 0.4) is 0 Å². The maximum absolute atomic E-state index is 11.4. The van der Waals surface area contributed by atoms with Gasteiger partial charge in [-0.1, -0.05) is 43.6 Å². The molecule has 2 aromatic rings. The van der Waals surface area contributed by atoms with Gasteiger partial charge in [-0.25, -0.2) is 0 Å². The number of phenols is 1. The number of halogens is 1. The number of hydrogen-bond acceptors (Lipinski definition) is 3. The zero-order valence-corrected chi connectivity index (χ0v) is 15.0. The van der Waals surface area contributed by atoms with E-state index >= 15 is 0 Å². The number of anilines is 1. The number of benzene rings is 2. The summed E-state index contributed by atoms with van der Waals surface area (Å²) in [6, 6.07) is 10.9. The maximum atomic E-state index is 11.4. The summed E-state index contributed by atoms with van der Waals surface area (Å²) < 4.78 is 0. The van der Waals surface area contributed by atoms with E-state index in [0.717, 1.165) is 24.2 Å². The van der Waals surface area contributed by atoms with Gasteiger partial charge in [0, 0.05) is 40.9 Å². The molecule has 0 heterocycles. The molecule has 0 aliphatic rings. The lowest BCUT2D eigenvalue weighted by molar-refractivity contribution is -0.114. The molecule has 4 nitrogen and oxygen atoms in total. The number of nitrogens with one attached hydrogen (secondary N) is 1. The average Bonchev–Trinajstić information content (AvgIpc) is 2.55. The Morgan fingerprint density at radius 1 is 1.17 bits per heavy atom. The van der Waals surface area contributed by atoms with Crippen LogP contribution in [0.4, 0.5) is 5.69 Å². The van der Waals surface area contributed by atoms with E-state index in [-0.39, 0.29) is 11.7 Å². The Morgan fingerprint density at radius 3 is 2.42 bits per heavy atom. The zero-order chi connectivity index (χ0) is 17.7. The van der Waals surface area contributed by atoms with Gasteiger partial charge < -0.3 is 10.4 Å².